The molecule has 2 aromatic rings. The maximum Gasteiger partial charge on any atom is 0.232 e. The van der Waals surface area contributed by atoms with Gasteiger partial charge in [0.2, 0.25) is 5.91 Å². The van der Waals surface area contributed by atoms with Crippen molar-refractivity contribution in [3.8, 4) is 0 Å². The summed E-state index contributed by atoms with van der Waals surface area (Å²) in [5.41, 5.74) is 0.219. The molecule has 0 saturated carbocycles. The zero-order valence-corrected chi connectivity index (χ0v) is 16.4. The number of benzene rings is 1. The number of carbonyl (C=O) groups is 1. The number of hydrogen-bond donors (Lipinski definition) is 1. The van der Waals surface area contributed by atoms with Crippen molar-refractivity contribution >= 4 is 34.9 Å². The maximum atomic E-state index is 13.1. The molecule has 0 aliphatic carbocycles. The van der Waals surface area contributed by atoms with Gasteiger partial charge in [0.05, 0.1) is 15.5 Å². The Labute approximate surface area is 163 Å². The van der Waals surface area contributed by atoms with Crippen LogP contribution in [0.25, 0.3) is 0 Å². The van der Waals surface area contributed by atoms with Crippen LogP contribution in [0.15, 0.2) is 36.5 Å². The number of halogens is 2. The summed E-state index contributed by atoms with van der Waals surface area (Å²) in [5, 5.41) is 12.3. The van der Waals surface area contributed by atoms with Crippen molar-refractivity contribution in [2.24, 2.45) is 0 Å². The first kappa shape index (κ1) is 18.9. The summed E-state index contributed by atoms with van der Waals surface area (Å²) in [6.07, 6.45) is 3.40. The summed E-state index contributed by atoms with van der Waals surface area (Å²) in [4.78, 5) is 15.0. The van der Waals surface area contributed by atoms with E-state index in [-0.39, 0.29) is 5.91 Å². The molecule has 1 aliphatic heterocycles. The second kappa shape index (κ2) is 7.80. The molecule has 0 atom stereocenters. The molecular weight excluding hydrogens is 371 g/mol. The molecular formula is C19H22Cl2N4O. The van der Waals surface area contributed by atoms with E-state index in [1.807, 2.05) is 36.9 Å². The number of nitrogens with zero attached hydrogens (tertiary/aromatic N) is 3. The molecule has 26 heavy (non-hydrogen) atoms. The van der Waals surface area contributed by atoms with E-state index in [0.717, 1.165) is 24.2 Å². The minimum atomic E-state index is -0.653. The predicted molar refractivity (Wildman–Crippen MR) is 105 cm³/mol. The van der Waals surface area contributed by atoms with Gasteiger partial charge in [0.15, 0.2) is 0 Å². The van der Waals surface area contributed by atoms with Crippen molar-refractivity contribution in [1.29, 1.82) is 0 Å². The monoisotopic (exact) mass is 392 g/mol. The van der Waals surface area contributed by atoms with Crippen LogP contribution in [-0.2, 0) is 10.2 Å². The topological polar surface area (TPSA) is 58.1 Å². The fourth-order valence-corrected chi connectivity index (χ4v) is 3.52. The number of amides is 1. The molecule has 7 heteroatoms. The van der Waals surface area contributed by atoms with Gasteiger partial charge in [-0.3, -0.25) is 4.79 Å². The highest BCUT2D eigenvalue weighted by atomic mass is 35.5. The molecule has 0 bridgehead atoms. The molecule has 0 spiro atoms. The lowest BCUT2D eigenvalue weighted by Gasteiger charge is -2.37. The number of anilines is 1. The van der Waals surface area contributed by atoms with Crippen LogP contribution in [0.5, 0.6) is 0 Å². The van der Waals surface area contributed by atoms with Crippen molar-refractivity contribution in [2.75, 3.05) is 18.4 Å². The normalized spacial score (nSPS) is 15.8. The van der Waals surface area contributed by atoms with Gasteiger partial charge in [0.25, 0.3) is 0 Å². The summed E-state index contributed by atoms with van der Waals surface area (Å²) < 4.78 is 0. The van der Waals surface area contributed by atoms with Gasteiger partial charge in [0, 0.05) is 25.3 Å². The lowest BCUT2D eigenvalue weighted by molar-refractivity contribution is -0.137. The Bertz CT molecular complexity index is 774. The van der Waals surface area contributed by atoms with Crippen LogP contribution in [0.3, 0.4) is 0 Å². The smallest absolute Gasteiger partial charge is 0.232 e. The SMILES string of the molecule is CC(C)(C(=O)N1CCC(Nc2cccnn2)CC1)c1ccc(Cl)c(Cl)c1. The molecule has 2 heterocycles. The summed E-state index contributed by atoms with van der Waals surface area (Å²) in [5.74, 6) is 0.877. The molecule has 1 N–H and O–H groups in total. The van der Waals surface area contributed by atoms with Gasteiger partial charge < -0.3 is 10.2 Å². The maximum absolute atomic E-state index is 13.1. The third kappa shape index (κ3) is 4.10. The summed E-state index contributed by atoms with van der Waals surface area (Å²) >= 11 is 12.1. The predicted octanol–water partition coefficient (Wildman–Crippen LogP) is 4.16. The standard InChI is InChI=1S/C19H22Cl2N4O/c1-19(2,13-5-6-15(20)16(21)12-13)18(26)25-10-7-14(8-11-25)23-17-4-3-9-22-24-17/h3-6,9,12,14H,7-8,10-11H2,1-2H3,(H,23,24). The van der Waals surface area contributed by atoms with Gasteiger partial charge in [-0.25, -0.2) is 0 Å². The van der Waals surface area contributed by atoms with Crippen molar-refractivity contribution in [3.63, 3.8) is 0 Å². The van der Waals surface area contributed by atoms with E-state index < -0.39 is 5.41 Å². The summed E-state index contributed by atoms with van der Waals surface area (Å²) in [7, 11) is 0. The van der Waals surface area contributed by atoms with Crippen LogP contribution in [0.1, 0.15) is 32.3 Å². The minimum absolute atomic E-state index is 0.105. The first-order valence-corrected chi connectivity index (χ1v) is 9.42. The average Bonchev–Trinajstić information content (AvgIpc) is 2.65. The highest BCUT2D eigenvalue weighted by Gasteiger charge is 2.35. The molecule has 1 aromatic carbocycles. The molecule has 1 amide bonds. The van der Waals surface area contributed by atoms with E-state index in [4.69, 9.17) is 23.2 Å². The summed E-state index contributed by atoms with van der Waals surface area (Å²) in [6.45, 7) is 5.28. The minimum Gasteiger partial charge on any atom is -0.366 e. The van der Waals surface area contributed by atoms with Crippen molar-refractivity contribution < 1.29 is 4.79 Å². The van der Waals surface area contributed by atoms with Crippen LogP contribution in [0.2, 0.25) is 10.0 Å². The fourth-order valence-electron chi connectivity index (χ4n) is 3.22. The Morgan fingerprint density at radius 2 is 1.92 bits per heavy atom. The van der Waals surface area contributed by atoms with Gasteiger partial charge in [-0.05, 0) is 56.5 Å². The Morgan fingerprint density at radius 1 is 1.19 bits per heavy atom. The van der Waals surface area contributed by atoms with Crippen LogP contribution >= 0.6 is 23.2 Å². The average molecular weight is 393 g/mol. The molecule has 5 nitrogen and oxygen atoms in total. The van der Waals surface area contributed by atoms with E-state index >= 15 is 0 Å². The zero-order valence-electron chi connectivity index (χ0n) is 14.9. The van der Waals surface area contributed by atoms with E-state index in [1.54, 1.807) is 18.3 Å². The molecule has 3 rings (SSSR count). The third-order valence-corrected chi connectivity index (χ3v) is 5.62. The van der Waals surface area contributed by atoms with Crippen LogP contribution in [-0.4, -0.2) is 40.1 Å². The second-order valence-corrected chi connectivity index (χ2v) is 7.89. The van der Waals surface area contributed by atoms with Crippen LogP contribution in [0.4, 0.5) is 5.82 Å². The number of piperidine rings is 1. The molecule has 1 aromatic heterocycles. The largest absolute Gasteiger partial charge is 0.366 e. The van der Waals surface area contributed by atoms with Crippen molar-refractivity contribution in [3.05, 3.63) is 52.1 Å². The summed E-state index contributed by atoms with van der Waals surface area (Å²) in [6, 6.07) is 9.44. The lowest BCUT2D eigenvalue weighted by atomic mass is 9.82. The third-order valence-electron chi connectivity index (χ3n) is 4.88. The van der Waals surface area contributed by atoms with Crippen LogP contribution < -0.4 is 5.32 Å². The molecule has 138 valence electrons. The number of hydrogen-bond acceptors (Lipinski definition) is 4. The number of carbonyl (C=O) groups excluding carboxylic acids is 1. The number of nitrogens with one attached hydrogen (secondary N) is 1. The zero-order chi connectivity index (χ0) is 18.7. The number of aromatic nitrogens is 2. The number of likely N-dealkylation sites (tertiary alicyclic amines) is 1. The van der Waals surface area contributed by atoms with Gasteiger partial charge in [-0.1, -0.05) is 29.3 Å². The van der Waals surface area contributed by atoms with E-state index in [0.29, 0.717) is 29.2 Å². The fraction of sp³-hybridized carbons (Fsp3) is 0.421. The molecule has 0 radical (unpaired) electrons. The number of rotatable bonds is 4. The molecule has 0 unspecified atom stereocenters. The lowest BCUT2D eigenvalue weighted by Crippen LogP contribution is -2.49. The van der Waals surface area contributed by atoms with E-state index in [1.165, 1.54) is 0 Å². The molecule has 1 saturated heterocycles. The van der Waals surface area contributed by atoms with E-state index in [9.17, 15) is 4.79 Å². The first-order chi connectivity index (χ1) is 12.4. The highest BCUT2D eigenvalue weighted by Crippen LogP contribution is 2.32. The molecule has 1 aliphatic rings. The van der Waals surface area contributed by atoms with E-state index in [2.05, 4.69) is 15.5 Å². The quantitative estimate of drug-likeness (QED) is 0.848. The first-order valence-electron chi connectivity index (χ1n) is 8.67. The molecule has 1 fully saturated rings. The second-order valence-electron chi connectivity index (χ2n) is 7.07. The van der Waals surface area contributed by atoms with Crippen LogP contribution in [0, 0.1) is 0 Å². The Balaban J connectivity index is 1.63. The van der Waals surface area contributed by atoms with Gasteiger partial charge in [0.1, 0.15) is 5.82 Å². The van der Waals surface area contributed by atoms with Gasteiger partial charge >= 0.3 is 0 Å². The Morgan fingerprint density at radius 3 is 2.54 bits per heavy atom. The van der Waals surface area contributed by atoms with Crippen molar-refractivity contribution in [1.82, 2.24) is 15.1 Å². The Kier molecular flexibility index (Phi) is 5.68. The highest BCUT2D eigenvalue weighted by molar-refractivity contribution is 6.42. The Hall–Kier alpha value is -1.85. The van der Waals surface area contributed by atoms with Crippen molar-refractivity contribution in [2.45, 2.75) is 38.1 Å². The van der Waals surface area contributed by atoms with Gasteiger partial charge in [-0.15, -0.1) is 5.10 Å². The van der Waals surface area contributed by atoms with Gasteiger partial charge in [-0.2, -0.15) is 5.10 Å².